The van der Waals surface area contributed by atoms with Gasteiger partial charge in [-0.1, -0.05) is 12.8 Å². The summed E-state index contributed by atoms with van der Waals surface area (Å²) in [5.41, 5.74) is -1.95. The first-order chi connectivity index (χ1) is 10.3. The minimum atomic E-state index is -1.97. The van der Waals surface area contributed by atoms with Gasteiger partial charge in [0.2, 0.25) is 0 Å². The number of ether oxygens (including phenoxy) is 3. The fraction of sp³-hybridized carbons (Fsp3) is 0.733. The Morgan fingerprint density at radius 1 is 0.773 bits per heavy atom. The van der Waals surface area contributed by atoms with Crippen LogP contribution in [-0.4, -0.2) is 35.6 Å². The maximum atomic E-state index is 11.7. The van der Waals surface area contributed by atoms with Gasteiger partial charge in [0.25, 0.3) is 11.9 Å². The Hall–Kier alpha value is -1.92. The first-order valence-electron chi connectivity index (χ1n) is 7.25. The molecule has 1 aliphatic carbocycles. The van der Waals surface area contributed by atoms with Crippen LogP contribution in [0.4, 0.5) is 0 Å². The minimum Gasteiger partial charge on any atom is -0.442 e. The average molecular weight is 313 g/mol. The molecule has 0 heterocycles. The summed E-state index contributed by atoms with van der Waals surface area (Å²) in [6.07, 6.45) is 4.54. The summed E-state index contributed by atoms with van der Waals surface area (Å²) < 4.78 is 15.6. The van der Waals surface area contributed by atoms with Crippen molar-refractivity contribution in [1.82, 2.24) is 0 Å². The van der Waals surface area contributed by atoms with Crippen LogP contribution >= 0.6 is 0 Å². The predicted molar refractivity (Wildman–Crippen MR) is 74.2 cm³/mol. The number of carbonyl (C=O) groups is 3. The van der Waals surface area contributed by atoms with Crippen molar-refractivity contribution in [2.75, 3.05) is 0 Å². The maximum absolute atomic E-state index is 11.7. The smallest absolute Gasteiger partial charge is 0.306 e. The molecule has 0 aliphatic heterocycles. The van der Waals surface area contributed by atoms with Crippen molar-refractivity contribution < 1.29 is 33.4 Å². The molecule has 1 saturated carbocycles. The second-order valence-electron chi connectivity index (χ2n) is 5.38. The van der Waals surface area contributed by atoms with Crippen molar-refractivity contribution in [3.05, 3.63) is 0 Å². The van der Waals surface area contributed by atoms with Crippen LogP contribution in [0.2, 0.25) is 0 Å². The quantitative estimate of drug-likeness (QED) is 0.574. The van der Waals surface area contributed by atoms with Crippen LogP contribution in [0.3, 0.4) is 0 Å². The van der Waals surface area contributed by atoms with Crippen molar-refractivity contribution >= 4 is 24.2 Å². The molecule has 0 spiro atoms. The third-order valence-corrected chi connectivity index (χ3v) is 3.50. The first kappa shape index (κ1) is 18.1. The molecule has 0 N–H and O–H groups in total. The van der Waals surface area contributed by atoms with E-state index in [0.717, 1.165) is 33.6 Å². The second-order valence-corrected chi connectivity index (χ2v) is 5.38. The van der Waals surface area contributed by atoms with Crippen LogP contribution in [0.1, 0.15) is 59.3 Å². The second kappa shape index (κ2) is 7.38. The fourth-order valence-corrected chi connectivity index (χ4v) is 2.75. The molecule has 1 radical (unpaired) electrons. The zero-order chi connectivity index (χ0) is 16.8. The number of carbonyl (C=O) groups excluding carboxylic acids is 4. The van der Waals surface area contributed by atoms with E-state index in [1.54, 1.807) is 6.29 Å². The summed E-state index contributed by atoms with van der Waals surface area (Å²) in [7, 11) is 0. The highest BCUT2D eigenvalue weighted by Crippen LogP contribution is 2.41. The lowest BCUT2D eigenvalue weighted by atomic mass is 9.81. The van der Waals surface area contributed by atoms with Crippen LogP contribution in [0.5, 0.6) is 0 Å². The van der Waals surface area contributed by atoms with Crippen LogP contribution < -0.4 is 0 Å². The van der Waals surface area contributed by atoms with Gasteiger partial charge in [-0.2, -0.15) is 0 Å². The molecule has 123 valence electrons. The van der Waals surface area contributed by atoms with Gasteiger partial charge >= 0.3 is 23.7 Å². The van der Waals surface area contributed by atoms with Gasteiger partial charge in [-0.3, -0.25) is 19.2 Å². The van der Waals surface area contributed by atoms with E-state index in [9.17, 15) is 19.2 Å². The van der Waals surface area contributed by atoms with Crippen LogP contribution in [0.15, 0.2) is 0 Å². The molecule has 0 aromatic rings. The first-order valence-corrected chi connectivity index (χ1v) is 7.25. The van der Waals surface area contributed by atoms with E-state index in [-0.39, 0.29) is 12.8 Å². The SMILES string of the molecule is CC(=O)OC1([C]=O)CCCCCCC1(OC(C)=O)OC(C)=O. The van der Waals surface area contributed by atoms with Gasteiger partial charge in [-0.25, -0.2) is 0 Å². The van der Waals surface area contributed by atoms with Crippen molar-refractivity contribution in [3.8, 4) is 0 Å². The Morgan fingerprint density at radius 3 is 1.64 bits per heavy atom. The standard InChI is InChI=1S/C15H21O7/c1-11(17)20-14(10-16)8-6-4-5-7-9-15(14,21-12(2)18)22-13(3)19/h4-9H2,1-3H3. The van der Waals surface area contributed by atoms with E-state index in [4.69, 9.17) is 14.2 Å². The van der Waals surface area contributed by atoms with Crippen molar-refractivity contribution in [2.45, 2.75) is 70.7 Å². The molecule has 1 aliphatic rings. The summed E-state index contributed by atoms with van der Waals surface area (Å²) in [6, 6.07) is 0. The van der Waals surface area contributed by atoms with Gasteiger partial charge in [0.15, 0.2) is 0 Å². The van der Waals surface area contributed by atoms with Gasteiger partial charge in [0.1, 0.15) is 0 Å². The molecule has 0 aromatic heterocycles. The number of esters is 3. The Morgan fingerprint density at radius 2 is 1.23 bits per heavy atom. The number of rotatable bonds is 4. The topological polar surface area (TPSA) is 96.0 Å². The molecular weight excluding hydrogens is 292 g/mol. The monoisotopic (exact) mass is 313 g/mol. The normalized spacial score (nSPS) is 24.3. The molecule has 1 unspecified atom stereocenters. The highest BCUT2D eigenvalue weighted by atomic mass is 16.8. The Bertz CT molecular complexity index is 441. The highest BCUT2D eigenvalue weighted by molar-refractivity contribution is 5.77. The number of hydrogen-bond acceptors (Lipinski definition) is 7. The molecule has 0 amide bonds. The largest absolute Gasteiger partial charge is 0.442 e. The zero-order valence-electron chi connectivity index (χ0n) is 13.1. The molecule has 1 fully saturated rings. The summed E-state index contributed by atoms with van der Waals surface area (Å²) in [5.74, 6) is -4.20. The third-order valence-electron chi connectivity index (χ3n) is 3.50. The molecule has 1 atom stereocenters. The Balaban J connectivity index is 3.40. The lowest BCUT2D eigenvalue weighted by Crippen LogP contribution is -2.62. The molecule has 7 nitrogen and oxygen atoms in total. The summed E-state index contributed by atoms with van der Waals surface area (Å²) in [6.45, 7) is 3.39. The summed E-state index contributed by atoms with van der Waals surface area (Å²) in [4.78, 5) is 46.1. The van der Waals surface area contributed by atoms with Gasteiger partial charge in [0, 0.05) is 33.6 Å². The predicted octanol–water partition coefficient (Wildman–Crippen LogP) is 1.57. The van der Waals surface area contributed by atoms with Crippen LogP contribution in [-0.2, 0) is 33.4 Å². The van der Waals surface area contributed by atoms with Gasteiger partial charge in [-0.05, 0) is 12.8 Å². The molecule has 0 bridgehead atoms. The van der Waals surface area contributed by atoms with Crippen LogP contribution in [0, 0.1) is 0 Å². The minimum absolute atomic E-state index is 0.0642. The third kappa shape index (κ3) is 4.05. The van der Waals surface area contributed by atoms with Crippen molar-refractivity contribution in [1.29, 1.82) is 0 Å². The van der Waals surface area contributed by atoms with E-state index in [1.165, 1.54) is 0 Å². The zero-order valence-corrected chi connectivity index (χ0v) is 13.1. The van der Waals surface area contributed by atoms with Crippen LogP contribution in [0.25, 0.3) is 0 Å². The Kier molecular flexibility index (Phi) is 6.08. The molecule has 7 heteroatoms. The van der Waals surface area contributed by atoms with Gasteiger partial charge in [0.05, 0.1) is 0 Å². The maximum Gasteiger partial charge on any atom is 0.306 e. The lowest BCUT2D eigenvalue weighted by Gasteiger charge is -2.44. The van der Waals surface area contributed by atoms with Gasteiger partial charge in [-0.15, -0.1) is 0 Å². The van der Waals surface area contributed by atoms with E-state index in [1.807, 2.05) is 0 Å². The molecule has 0 saturated heterocycles. The molecule has 0 aromatic carbocycles. The van der Waals surface area contributed by atoms with E-state index < -0.39 is 29.3 Å². The Labute approximate surface area is 129 Å². The summed E-state index contributed by atoms with van der Waals surface area (Å²) in [5, 5.41) is 0. The number of hydrogen-bond donors (Lipinski definition) is 0. The molecule has 22 heavy (non-hydrogen) atoms. The van der Waals surface area contributed by atoms with Crippen molar-refractivity contribution in [3.63, 3.8) is 0 Å². The average Bonchev–Trinajstić information content (AvgIpc) is 2.37. The van der Waals surface area contributed by atoms with E-state index >= 15 is 0 Å². The van der Waals surface area contributed by atoms with Crippen molar-refractivity contribution in [2.24, 2.45) is 0 Å². The highest BCUT2D eigenvalue weighted by Gasteiger charge is 2.61. The molecular formula is C15H21O7. The van der Waals surface area contributed by atoms with E-state index in [2.05, 4.69) is 0 Å². The summed E-state index contributed by atoms with van der Waals surface area (Å²) >= 11 is 0. The van der Waals surface area contributed by atoms with E-state index in [0.29, 0.717) is 12.8 Å². The molecule has 1 rings (SSSR count). The fourth-order valence-electron chi connectivity index (χ4n) is 2.75. The van der Waals surface area contributed by atoms with Gasteiger partial charge < -0.3 is 14.2 Å². The lowest BCUT2D eigenvalue weighted by molar-refractivity contribution is -0.284.